The lowest BCUT2D eigenvalue weighted by Gasteiger charge is -2.12. The fourth-order valence-corrected chi connectivity index (χ4v) is 2.24. The smallest absolute Gasteiger partial charge is 0.277 e. The molecule has 1 N–H and O–H groups in total. The van der Waals surface area contributed by atoms with Crippen molar-refractivity contribution in [3.8, 4) is 28.7 Å². The average molecular weight is 374 g/mol. The lowest BCUT2D eigenvalue weighted by Crippen LogP contribution is -2.24. The number of rotatable bonds is 9. The largest absolute Gasteiger partial charge is 0.496 e. The predicted molar refractivity (Wildman–Crippen MR) is 100 cm³/mol. The first-order chi connectivity index (χ1) is 13.1. The Morgan fingerprint density at radius 2 is 1.52 bits per heavy atom. The van der Waals surface area contributed by atoms with Gasteiger partial charge >= 0.3 is 0 Å². The third-order valence-corrected chi connectivity index (χ3v) is 3.56. The van der Waals surface area contributed by atoms with Gasteiger partial charge in [-0.2, -0.15) is 5.10 Å². The van der Waals surface area contributed by atoms with Crippen LogP contribution in [0.5, 0.6) is 28.7 Å². The van der Waals surface area contributed by atoms with Crippen LogP contribution in [0, 0.1) is 0 Å². The van der Waals surface area contributed by atoms with Crippen LogP contribution < -0.4 is 29.1 Å². The van der Waals surface area contributed by atoms with Crippen molar-refractivity contribution >= 4 is 12.1 Å². The maximum atomic E-state index is 11.9. The highest BCUT2D eigenvalue weighted by Crippen LogP contribution is 2.32. The molecule has 0 aliphatic heterocycles. The lowest BCUT2D eigenvalue weighted by molar-refractivity contribution is -0.123. The molecule has 8 heteroatoms. The van der Waals surface area contributed by atoms with Crippen LogP contribution in [0.25, 0.3) is 0 Å². The van der Waals surface area contributed by atoms with Crippen molar-refractivity contribution in [3.63, 3.8) is 0 Å². The van der Waals surface area contributed by atoms with Crippen LogP contribution in [0.3, 0.4) is 0 Å². The van der Waals surface area contributed by atoms with Crippen LogP contribution in [0.1, 0.15) is 5.56 Å². The number of hydrazone groups is 1. The van der Waals surface area contributed by atoms with Gasteiger partial charge in [0.1, 0.15) is 17.2 Å². The highest BCUT2D eigenvalue weighted by atomic mass is 16.5. The first-order valence-corrected chi connectivity index (χ1v) is 8.00. The molecule has 2 aromatic rings. The summed E-state index contributed by atoms with van der Waals surface area (Å²) in [5.41, 5.74) is 2.95. The van der Waals surface area contributed by atoms with Gasteiger partial charge in [-0.05, 0) is 12.1 Å². The molecule has 0 aromatic heterocycles. The molecule has 0 atom stereocenters. The second-order valence-electron chi connectivity index (χ2n) is 5.18. The molecule has 0 aliphatic rings. The van der Waals surface area contributed by atoms with Crippen molar-refractivity contribution < 1.29 is 28.5 Å². The fourth-order valence-electron chi connectivity index (χ4n) is 2.24. The molecular formula is C19H22N2O6. The van der Waals surface area contributed by atoms with Gasteiger partial charge in [0, 0.05) is 12.1 Å². The van der Waals surface area contributed by atoms with Gasteiger partial charge in [-0.1, -0.05) is 12.1 Å². The van der Waals surface area contributed by atoms with Crippen LogP contribution in [0.2, 0.25) is 0 Å². The molecule has 0 heterocycles. The summed E-state index contributed by atoms with van der Waals surface area (Å²) in [6.07, 6.45) is 1.43. The molecule has 144 valence electrons. The Hall–Kier alpha value is -3.42. The number of carbonyl (C=O) groups is 1. The second-order valence-corrected chi connectivity index (χ2v) is 5.18. The van der Waals surface area contributed by atoms with Gasteiger partial charge in [-0.15, -0.1) is 0 Å². The van der Waals surface area contributed by atoms with E-state index in [1.807, 2.05) is 6.07 Å². The zero-order chi connectivity index (χ0) is 19.6. The number of carbonyl (C=O) groups excluding carboxylic acids is 1. The van der Waals surface area contributed by atoms with Crippen molar-refractivity contribution in [2.75, 3.05) is 35.0 Å². The predicted octanol–water partition coefficient (Wildman–Crippen LogP) is 2.25. The summed E-state index contributed by atoms with van der Waals surface area (Å²) in [5.74, 6) is 2.15. The highest BCUT2D eigenvalue weighted by Gasteiger charge is 2.12. The zero-order valence-electron chi connectivity index (χ0n) is 15.6. The van der Waals surface area contributed by atoms with Crippen LogP contribution >= 0.6 is 0 Å². The molecule has 0 saturated carbocycles. The van der Waals surface area contributed by atoms with E-state index in [0.29, 0.717) is 34.3 Å². The Labute approximate surface area is 157 Å². The molecule has 0 spiro atoms. The third kappa shape index (κ3) is 5.27. The minimum absolute atomic E-state index is 0.214. The number of methoxy groups -OCH3 is 4. The maximum Gasteiger partial charge on any atom is 0.277 e. The molecular weight excluding hydrogens is 352 g/mol. The van der Waals surface area contributed by atoms with Crippen molar-refractivity contribution in [1.29, 1.82) is 0 Å². The van der Waals surface area contributed by atoms with Gasteiger partial charge in [0.2, 0.25) is 0 Å². The van der Waals surface area contributed by atoms with E-state index >= 15 is 0 Å². The van der Waals surface area contributed by atoms with Gasteiger partial charge in [-0.25, -0.2) is 5.43 Å². The molecule has 0 unspecified atom stereocenters. The molecule has 1 amide bonds. The first-order valence-electron chi connectivity index (χ1n) is 8.00. The molecule has 27 heavy (non-hydrogen) atoms. The van der Waals surface area contributed by atoms with E-state index in [4.69, 9.17) is 23.7 Å². The second kappa shape index (κ2) is 9.91. The molecule has 0 bridgehead atoms. The van der Waals surface area contributed by atoms with Crippen molar-refractivity contribution in [3.05, 3.63) is 42.0 Å². The van der Waals surface area contributed by atoms with Gasteiger partial charge in [0.25, 0.3) is 5.91 Å². The summed E-state index contributed by atoms with van der Waals surface area (Å²) in [4.78, 5) is 11.9. The van der Waals surface area contributed by atoms with E-state index in [2.05, 4.69) is 10.5 Å². The number of benzene rings is 2. The third-order valence-electron chi connectivity index (χ3n) is 3.56. The first kappa shape index (κ1) is 19.9. The highest BCUT2D eigenvalue weighted by molar-refractivity contribution is 5.89. The summed E-state index contributed by atoms with van der Waals surface area (Å²) in [7, 11) is 6.11. The van der Waals surface area contributed by atoms with E-state index in [1.165, 1.54) is 27.5 Å². The van der Waals surface area contributed by atoms with Crippen LogP contribution in [0.4, 0.5) is 0 Å². The Balaban J connectivity index is 2.01. The van der Waals surface area contributed by atoms with Gasteiger partial charge in [0.05, 0.1) is 40.2 Å². The number of nitrogens with one attached hydrogen (secondary N) is 1. The van der Waals surface area contributed by atoms with Gasteiger partial charge in [-0.3, -0.25) is 4.79 Å². The van der Waals surface area contributed by atoms with E-state index in [0.717, 1.165) is 0 Å². The zero-order valence-corrected chi connectivity index (χ0v) is 15.6. The van der Waals surface area contributed by atoms with E-state index in [9.17, 15) is 4.79 Å². The number of hydrogen-bond acceptors (Lipinski definition) is 7. The molecule has 2 rings (SSSR count). The Kier molecular flexibility index (Phi) is 7.30. The molecule has 0 radical (unpaired) electrons. The number of para-hydroxylation sites is 2. The van der Waals surface area contributed by atoms with Crippen LogP contribution in [-0.4, -0.2) is 47.2 Å². The molecule has 2 aromatic carbocycles. The quantitative estimate of drug-likeness (QED) is 0.535. The lowest BCUT2D eigenvalue weighted by atomic mass is 10.2. The SMILES string of the molecule is COc1cc(OC)c(/C=N\NC(=O)COc2ccccc2OC)c(OC)c1. The molecule has 0 fully saturated rings. The summed E-state index contributed by atoms with van der Waals surface area (Å²) >= 11 is 0. The van der Waals surface area contributed by atoms with E-state index < -0.39 is 5.91 Å². The molecule has 0 aliphatic carbocycles. The Bertz CT molecular complexity index is 782. The number of hydrogen-bond donors (Lipinski definition) is 1. The number of ether oxygens (including phenoxy) is 5. The standard InChI is InChI=1S/C19H22N2O6/c1-23-13-9-17(25-3)14(18(10-13)26-4)11-20-21-19(22)12-27-16-8-6-5-7-15(16)24-2/h5-11H,12H2,1-4H3,(H,21,22)/b20-11-. The summed E-state index contributed by atoms with van der Waals surface area (Å²) in [6, 6.07) is 10.4. The van der Waals surface area contributed by atoms with Gasteiger partial charge < -0.3 is 23.7 Å². The minimum Gasteiger partial charge on any atom is -0.496 e. The number of nitrogens with zero attached hydrogens (tertiary/aromatic N) is 1. The van der Waals surface area contributed by atoms with E-state index in [-0.39, 0.29) is 6.61 Å². The van der Waals surface area contributed by atoms with Crippen molar-refractivity contribution in [2.45, 2.75) is 0 Å². The van der Waals surface area contributed by atoms with Crippen molar-refractivity contribution in [2.24, 2.45) is 5.10 Å². The van der Waals surface area contributed by atoms with Crippen molar-refractivity contribution in [1.82, 2.24) is 5.43 Å². The topological polar surface area (TPSA) is 87.6 Å². The fraction of sp³-hybridized carbons (Fsp3) is 0.263. The van der Waals surface area contributed by atoms with Gasteiger partial charge in [0.15, 0.2) is 18.1 Å². The van der Waals surface area contributed by atoms with Crippen LogP contribution in [-0.2, 0) is 4.79 Å². The Morgan fingerprint density at radius 3 is 2.07 bits per heavy atom. The Morgan fingerprint density at radius 1 is 0.926 bits per heavy atom. The summed E-state index contributed by atoms with van der Waals surface area (Å²) in [6.45, 7) is -0.214. The summed E-state index contributed by atoms with van der Waals surface area (Å²) in [5, 5.41) is 3.93. The molecule has 0 saturated heterocycles. The monoisotopic (exact) mass is 374 g/mol. The van der Waals surface area contributed by atoms with Crippen LogP contribution in [0.15, 0.2) is 41.5 Å². The maximum absolute atomic E-state index is 11.9. The minimum atomic E-state index is -0.427. The normalized spacial score (nSPS) is 10.4. The summed E-state index contributed by atoms with van der Waals surface area (Å²) < 4.78 is 26.4. The van der Waals surface area contributed by atoms with E-state index in [1.54, 1.807) is 37.4 Å². The average Bonchev–Trinajstić information content (AvgIpc) is 2.72. The number of amides is 1. The molecule has 8 nitrogen and oxygen atoms in total.